The molecule has 0 aliphatic heterocycles. The van der Waals surface area contributed by atoms with Crippen LogP contribution in [-0.4, -0.2) is 22.0 Å². The van der Waals surface area contributed by atoms with Gasteiger partial charge >= 0.3 is 15.6 Å². The van der Waals surface area contributed by atoms with E-state index in [1.54, 1.807) is 0 Å². The topological polar surface area (TPSA) is 102 Å². The Balaban J connectivity index is 2.01. The fourth-order valence-corrected chi connectivity index (χ4v) is 5.45. The molecule has 0 heterocycles. The number of phosphoric acid groups is 2. The Morgan fingerprint density at radius 3 is 1.43 bits per heavy atom. The van der Waals surface area contributed by atoms with Crippen molar-refractivity contribution in [2.75, 3.05) is 0 Å². The molecule has 0 amide bonds. The Bertz CT molecular complexity index is 386. The van der Waals surface area contributed by atoms with Crippen LogP contribution in [0.1, 0.15) is 64.2 Å². The Kier molecular flexibility index (Phi) is 6.45. The summed E-state index contributed by atoms with van der Waals surface area (Å²) in [6.07, 6.45) is 8.18. The smallest absolute Gasteiger partial charge is 0.302 e. The highest BCUT2D eigenvalue weighted by Gasteiger charge is 2.40. The summed E-state index contributed by atoms with van der Waals surface area (Å²) in [4.78, 5) is 17.9. The summed E-state index contributed by atoms with van der Waals surface area (Å²) in [7, 11) is -9.18. The van der Waals surface area contributed by atoms with Gasteiger partial charge in [-0.2, -0.15) is 4.31 Å². The van der Waals surface area contributed by atoms with Crippen molar-refractivity contribution in [3.05, 3.63) is 0 Å². The van der Waals surface area contributed by atoms with Gasteiger partial charge in [0.05, 0.1) is 12.2 Å². The van der Waals surface area contributed by atoms with Crippen molar-refractivity contribution < 1.29 is 32.3 Å². The Morgan fingerprint density at radius 1 is 0.714 bits per heavy atom. The molecule has 0 saturated heterocycles. The maximum atomic E-state index is 12.6. The van der Waals surface area contributed by atoms with Crippen molar-refractivity contribution in [1.82, 2.24) is 0 Å². The standard InChI is InChI=1S/C12H24O7P2/c13-20(14,15)19-21(16,17-11-7-3-1-4-8-11)18-12-9-5-2-6-10-12/h11-12H,1-10H2,(H2,13,14,15). The van der Waals surface area contributed by atoms with E-state index in [2.05, 4.69) is 4.31 Å². The Hall–Kier alpha value is 0.260. The van der Waals surface area contributed by atoms with Gasteiger partial charge in [-0.05, 0) is 25.7 Å². The first-order chi connectivity index (χ1) is 9.86. The number of hydrogen-bond donors (Lipinski definition) is 2. The lowest BCUT2D eigenvalue weighted by atomic mass is 9.98. The summed E-state index contributed by atoms with van der Waals surface area (Å²) in [6.45, 7) is 0. The highest BCUT2D eigenvalue weighted by atomic mass is 31.3. The van der Waals surface area contributed by atoms with Crippen molar-refractivity contribution in [2.24, 2.45) is 0 Å². The molecule has 7 nitrogen and oxygen atoms in total. The zero-order valence-electron chi connectivity index (χ0n) is 12.1. The third-order valence-corrected chi connectivity index (χ3v) is 6.63. The lowest BCUT2D eigenvalue weighted by Crippen LogP contribution is -2.21. The van der Waals surface area contributed by atoms with Gasteiger partial charge < -0.3 is 9.79 Å². The number of hydrogen-bond acceptors (Lipinski definition) is 5. The van der Waals surface area contributed by atoms with Gasteiger partial charge in [0, 0.05) is 0 Å². The monoisotopic (exact) mass is 342 g/mol. The first kappa shape index (κ1) is 17.6. The second kappa shape index (κ2) is 7.69. The highest BCUT2D eigenvalue weighted by molar-refractivity contribution is 7.61. The van der Waals surface area contributed by atoms with Crippen molar-refractivity contribution in [2.45, 2.75) is 76.4 Å². The SMILES string of the molecule is O=P(O)(O)OP(=O)(OC1CCCCC1)OC1CCCCC1. The molecule has 0 radical (unpaired) electrons. The highest BCUT2D eigenvalue weighted by Crippen LogP contribution is 2.63. The molecule has 2 rings (SSSR count). The normalized spacial score (nSPS) is 23.3. The van der Waals surface area contributed by atoms with Crippen LogP contribution in [0, 0.1) is 0 Å². The third kappa shape index (κ3) is 6.49. The van der Waals surface area contributed by atoms with Crippen LogP contribution in [0.15, 0.2) is 0 Å². The minimum absolute atomic E-state index is 0.320. The molecule has 0 spiro atoms. The summed E-state index contributed by atoms with van der Waals surface area (Å²) < 4.78 is 38.8. The van der Waals surface area contributed by atoms with Crippen molar-refractivity contribution >= 4 is 15.6 Å². The van der Waals surface area contributed by atoms with E-state index in [-0.39, 0.29) is 12.2 Å². The van der Waals surface area contributed by atoms with Gasteiger partial charge in [-0.1, -0.05) is 38.5 Å². The second-order valence-electron chi connectivity index (χ2n) is 5.75. The maximum absolute atomic E-state index is 12.6. The van der Waals surface area contributed by atoms with Crippen molar-refractivity contribution in [3.63, 3.8) is 0 Å². The van der Waals surface area contributed by atoms with E-state index < -0.39 is 15.6 Å². The largest absolute Gasteiger partial charge is 0.484 e. The molecule has 0 atom stereocenters. The maximum Gasteiger partial charge on any atom is 0.484 e. The summed E-state index contributed by atoms with van der Waals surface area (Å²) in [5, 5.41) is 0. The molecule has 0 unspecified atom stereocenters. The van der Waals surface area contributed by atoms with Gasteiger partial charge in [0.1, 0.15) is 0 Å². The van der Waals surface area contributed by atoms with Crippen LogP contribution in [0.4, 0.5) is 0 Å². The zero-order valence-corrected chi connectivity index (χ0v) is 13.8. The molecule has 2 fully saturated rings. The van der Waals surface area contributed by atoms with Crippen LogP contribution in [0.2, 0.25) is 0 Å². The predicted octanol–water partition coefficient (Wildman–Crippen LogP) is 3.90. The molecule has 0 aromatic heterocycles. The van der Waals surface area contributed by atoms with E-state index in [9.17, 15) is 9.13 Å². The first-order valence-corrected chi connectivity index (χ1v) is 10.6. The minimum Gasteiger partial charge on any atom is -0.302 e. The van der Waals surface area contributed by atoms with Crippen LogP contribution in [0.3, 0.4) is 0 Å². The molecule has 2 aliphatic carbocycles. The molecule has 21 heavy (non-hydrogen) atoms. The second-order valence-corrected chi connectivity index (χ2v) is 8.70. The summed E-state index contributed by atoms with van der Waals surface area (Å²) in [5.74, 6) is 0. The van der Waals surface area contributed by atoms with Crippen LogP contribution >= 0.6 is 15.6 Å². The summed E-state index contributed by atoms with van der Waals surface area (Å²) in [6, 6.07) is 0. The first-order valence-electron chi connectivity index (χ1n) is 7.60. The molecule has 2 saturated carbocycles. The Morgan fingerprint density at radius 2 is 1.10 bits per heavy atom. The minimum atomic E-state index is -4.94. The van der Waals surface area contributed by atoms with Gasteiger partial charge in [0.25, 0.3) is 0 Å². The van der Waals surface area contributed by atoms with Gasteiger partial charge in [0.2, 0.25) is 0 Å². The molecule has 2 aliphatic rings. The van der Waals surface area contributed by atoms with E-state index in [0.29, 0.717) is 25.7 Å². The molecular weight excluding hydrogens is 318 g/mol. The average Bonchev–Trinajstić information content (AvgIpc) is 2.38. The van der Waals surface area contributed by atoms with Gasteiger partial charge in [-0.3, -0.25) is 9.05 Å². The fourth-order valence-electron chi connectivity index (χ4n) is 2.90. The van der Waals surface area contributed by atoms with E-state index in [0.717, 1.165) is 38.5 Å². The van der Waals surface area contributed by atoms with Crippen LogP contribution in [-0.2, 0) is 22.5 Å². The molecule has 0 bridgehead atoms. The molecule has 0 aromatic rings. The lowest BCUT2D eigenvalue weighted by molar-refractivity contribution is 0.0465. The van der Waals surface area contributed by atoms with Gasteiger partial charge in [-0.25, -0.2) is 9.13 Å². The molecule has 2 N–H and O–H groups in total. The predicted molar refractivity (Wildman–Crippen MR) is 76.7 cm³/mol. The van der Waals surface area contributed by atoms with Crippen LogP contribution in [0.25, 0.3) is 0 Å². The van der Waals surface area contributed by atoms with Crippen molar-refractivity contribution in [3.8, 4) is 0 Å². The lowest BCUT2D eigenvalue weighted by Gasteiger charge is -2.30. The zero-order chi connectivity index (χ0) is 15.3. The molecular formula is C12H24O7P2. The quantitative estimate of drug-likeness (QED) is 0.706. The van der Waals surface area contributed by atoms with E-state index in [1.165, 1.54) is 0 Å². The van der Waals surface area contributed by atoms with E-state index >= 15 is 0 Å². The van der Waals surface area contributed by atoms with Crippen LogP contribution in [0.5, 0.6) is 0 Å². The molecule has 0 aromatic carbocycles. The summed E-state index contributed by atoms with van der Waals surface area (Å²) >= 11 is 0. The Labute approximate surface area is 125 Å². The average molecular weight is 342 g/mol. The van der Waals surface area contributed by atoms with Gasteiger partial charge in [0.15, 0.2) is 0 Å². The van der Waals surface area contributed by atoms with Crippen molar-refractivity contribution in [1.29, 1.82) is 0 Å². The van der Waals surface area contributed by atoms with Gasteiger partial charge in [-0.15, -0.1) is 0 Å². The molecule has 9 heteroatoms. The van der Waals surface area contributed by atoms with E-state index in [4.69, 9.17) is 18.8 Å². The number of phosphoric ester groups is 1. The van der Waals surface area contributed by atoms with Crippen LogP contribution < -0.4 is 0 Å². The molecule has 124 valence electrons. The number of rotatable bonds is 6. The van der Waals surface area contributed by atoms with E-state index in [1.807, 2.05) is 0 Å². The fraction of sp³-hybridized carbons (Fsp3) is 1.00. The summed E-state index contributed by atoms with van der Waals surface area (Å²) in [5.41, 5.74) is 0. The third-order valence-electron chi connectivity index (χ3n) is 3.87.